The molecule has 242 valence electrons. The second-order valence-corrected chi connectivity index (χ2v) is 12.4. The van der Waals surface area contributed by atoms with Crippen molar-refractivity contribution < 1.29 is 14.3 Å². The maximum absolute atomic E-state index is 13.4. The Morgan fingerprint density at radius 1 is 0.771 bits per heavy atom. The standard InChI is InChI=1S/C38H37N7O3/c1-25-14-16-27(17-15-25)45-35(23-33(44-45)38(2,3)4)43-37(47)41-31-18-19-32(30-13-9-8-12-29(30)31)48-28-20-21-39-34(22-28)42-36(46)40-24-26-10-6-5-7-11-26/h5-23H,24H2,1-4H3,(H2,41,43,47)(H2,39,40,42,46). The molecular weight excluding hydrogens is 602 g/mol. The van der Waals surface area contributed by atoms with E-state index in [2.05, 4.69) is 47.0 Å². The topological polar surface area (TPSA) is 122 Å². The van der Waals surface area contributed by atoms with Crippen LogP contribution < -0.4 is 26.0 Å². The van der Waals surface area contributed by atoms with Gasteiger partial charge in [0.15, 0.2) is 0 Å². The molecule has 6 aromatic rings. The van der Waals surface area contributed by atoms with E-state index in [9.17, 15) is 9.59 Å². The van der Waals surface area contributed by atoms with E-state index in [1.54, 1.807) is 35.1 Å². The Balaban J connectivity index is 1.17. The zero-order valence-electron chi connectivity index (χ0n) is 27.2. The molecule has 0 saturated heterocycles. The van der Waals surface area contributed by atoms with Crippen molar-refractivity contribution in [3.05, 3.63) is 132 Å². The number of hydrogen-bond donors (Lipinski definition) is 4. The van der Waals surface area contributed by atoms with Crippen LogP contribution in [0.5, 0.6) is 11.5 Å². The highest BCUT2D eigenvalue weighted by Gasteiger charge is 2.22. The van der Waals surface area contributed by atoms with Crippen LogP contribution in [0.2, 0.25) is 0 Å². The zero-order valence-corrected chi connectivity index (χ0v) is 27.2. The highest BCUT2D eigenvalue weighted by molar-refractivity contribution is 6.07. The summed E-state index contributed by atoms with van der Waals surface area (Å²) in [5.41, 5.74) is 4.23. The lowest BCUT2D eigenvalue weighted by Gasteiger charge is -2.15. The number of benzene rings is 4. The van der Waals surface area contributed by atoms with Crippen LogP contribution in [-0.2, 0) is 12.0 Å². The van der Waals surface area contributed by atoms with Crippen LogP contribution in [0.25, 0.3) is 16.5 Å². The van der Waals surface area contributed by atoms with Crippen molar-refractivity contribution in [2.24, 2.45) is 0 Å². The van der Waals surface area contributed by atoms with Crippen LogP contribution >= 0.6 is 0 Å². The highest BCUT2D eigenvalue weighted by Crippen LogP contribution is 2.35. The van der Waals surface area contributed by atoms with Crippen LogP contribution in [-0.4, -0.2) is 26.8 Å². The Bertz CT molecular complexity index is 2070. The third-order valence-electron chi connectivity index (χ3n) is 7.63. The fourth-order valence-electron chi connectivity index (χ4n) is 5.07. The molecule has 0 aliphatic heterocycles. The first-order valence-corrected chi connectivity index (χ1v) is 15.6. The maximum atomic E-state index is 13.4. The van der Waals surface area contributed by atoms with Gasteiger partial charge in [0.2, 0.25) is 0 Å². The van der Waals surface area contributed by atoms with Gasteiger partial charge in [-0.25, -0.2) is 19.3 Å². The lowest BCUT2D eigenvalue weighted by atomic mass is 9.92. The lowest BCUT2D eigenvalue weighted by molar-refractivity contribution is 0.251. The van der Waals surface area contributed by atoms with Crippen LogP contribution in [0, 0.1) is 6.92 Å². The van der Waals surface area contributed by atoms with Gasteiger partial charge in [0.05, 0.1) is 17.1 Å². The molecule has 0 saturated carbocycles. The molecule has 6 rings (SSSR count). The van der Waals surface area contributed by atoms with E-state index in [0.29, 0.717) is 35.4 Å². The Morgan fingerprint density at radius 2 is 1.50 bits per heavy atom. The van der Waals surface area contributed by atoms with Crippen molar-refractivity contribution >= 4 is 40.2 Å². The first-order chi connectivity index (χ1) is 23.1. The number of ether oxygens (including phenoxy) is 1. The SMILES string of the molecule is Cc1ccc(-n2nc(C(C)(C)C)cc2NC(=O)Nc2ccc(Oc3ccnc(NC(=O)NCc4ccccc4)c3)c3ccccc23)cc1. The van der Waals surface area contributed by atoms with Crippen molar-refractivity contribution in [3.63, 3.8) is 0 Å². The molecule has 0 aliphatic carbocycles. The largest absolute Gasteiger partial charge is 0.457 e. The number of aromatic nitrogens is 3. The van der Waals surface area contributed by atoms with Crippen molar-refractivity contribution in [1.82, 2.24) is 20.1 Å². The van der Waals surface area contributed by atoms with Crippen molar-refractivity contribution in [2.45, 2.75) is 39.7 Å². The molecule has 4 amide bonds. The summed E-state index contributed by atoms with van der Waals surface area (Å²) in [5.74, 6) is 1.97. The summed E-state index contributed by atoms with van der Waals surface area (Å²) >= 11 is 0. The number of nitrogens with zero attached hydrogens (tertiary/aromatic N) is 3. The average molecular weight is 640 g/mol. The molecule has 10 heteroatoms. The molecular formula is C38H37N7O3. The van der Waals surface area contributed by atoms with E-state index in [-0.39, 0.29) is 11.4 Å². The number of aryl methyl sites for hydroxylation is 1. The average Bonchev–Trinajstić information content (AvgIpc) is 3.50. The normalized spacial score (nSPS) is 11.2. The minimum Gasteiger partial charge on any atom is -0.457 e. The predicted molar refractivity (Wildman–Crippen MR) is 190 cm³/mol. The number of pyridine rings is 1. The second-order valence-electron chi connectivity index (χ2n) is 12.4. The van der Waals surface area contributed by atoms with Crippen molar-refractivity contribution in [1.29, 1.82) is 0 Å². The summed E-state index contributed by atoms with van der Waals surface area (Å²) in [6.07, 6.45) is 1.57. The maximum Gasteiger partial charge on any atom is 0.324 e. The summed E-state index contributed by atoms with van der Waals surface area (Å²) in [5, 5.41) is 18.0. The molecule has 0 spiro atoms. The molecule has 0 unspecified atom stereocenters. The van der Waals surface area contributed by atoms with Gasteiger partial charge in [-0.3, -0.25) is 10.6 Å². The first-order valence-electron chi connectivity index (χ1n) is 15.6. The number of urea groups is 2. The number of carbonyl (C=O) groups excluding carboxylic acids is 2. The molecule has 0 radical (unpaired) electrons. The van der Waals surface area contributed by atoms with E-state index < -0.39 is 6.03 Å². The van der Waals surface area contributed by atoms with E-state index in [0.717, 1.165) is 33.3 Å². The van der Waals surface area contributed by atoms with Gasteiger partial charge in [0.25, 0.3) is 0 Å². The number of carbonyl (C=O) groups is 2. The lowest BCUT2D eigenvalue weighted by Crippen LogP contribution is -2.28. The van der Waals surface area contributed by atoms with E-state index in [1.165, 1.54) is 0 Å². The van der Waals surface area contributed by atoms with Crippen LogP contribution in [0.15, 0.2) is 115 Å². The third-order valence-corrected chi connectivity index (χ3v) is 7.63. The Hall–Kier alpha value is -6.16. The van der Waals surface area contributed by atoms with Crippen LogP contribution in [0.3, 0.4) is 0 Å². The molecule has 0 bridgehead atoms. The molecule has 10 nitrogen and oxygen atoms in total. The fraction of sp³-hybridized carbons (Fsp3) is 0.158. The first kappa shape index (κ1) is 31.8. The monoisotopic (exact) mass is 639 g/mol. The highest BCUT2D eigenvalue weighted by atomic mass is 16.5. The summed E-state index contributed by atoms with van der Waals surface area (Å²) < 4.78 is 8.00. The van der Waals surface area contributed by atoms with E-state index in [4.69, 9.17) is 9.84 Å². The molecule has 0 atom stereocenters. The minimum atomic E-state index is -0.405. The van der Waals surface area contributed by atoms with Gasteiger partial charge >= 0.3 is 12.1 Å². The van der Waals surface area contributed by atoms with Gasteiger partial charge in [0, 0.05) is 41.1 Å². The summed E-state index contributed by atoms with van der Waals surface area (Å²) in [6.45, 7) is 8.67. The summed E-state index contributed by atoms with van der Waals surface area (Å²) in [4.78, 5) is 30.1. The summed E-state index contributed by atoms with van der Waals surface area (Å²) in [6, 6.07) is 33.4. The molecule has 4 N–H and O–H groups in total. The number of nitrogens with one attached hydrogen (secondary N) is 4. The predicted octanol–water partition coefficient (Wildman–Crippen LogP) is 8.78. The molecule has 4 aromatic carbocycles. The number of anilines is 3. The molecule has 0 fully saturated rings. The Labute approximate surface area is 279 Å². The van der Waals surface area contributed by atoms with Gasteiger partial charge in [-0.15, -0.1) is 0 Å². The molecule has 2 aromatic heterocycles. The van der Waals surface area contributed by atoms with Crippen molar-refractivity contribution in [2.75, 3.05) is 16.0 Å². The number of hydrogen-bond acceptors (Lipinski definition) is 5. The quantitative estimate of drug-likeness (QED) is 0.133. The van der Waals surface area contributed by atoms with E-state index >= 15 is 0 Å². The molecule has 2 heterocycles. The van der Waals surface area contributed by atoms with Crippen LogP contribution in [0.1, 0.15) is 37.6 Å². The molecule has 48 heavy (non-hydrogen) atoms. The van der Waals surface area contributed by atoms with Gasteiger partial charge in [-0.2, -0.15) is 5.10 Å². The number of amides is 4. The van der Waals surface area contributed by atoms with Crippen LogP contribution in [0.4, 0.5) is 26.9 Å². The fourth-order valence-corrected chi connectivity index (χ4v) is 5.07. The number of rotatable bonds is 8. The zero-order chi connectivity index (χ0) is 33.7. The minimum absolute atomic E-state index is 0.213. The van der Waals surface area contributed by atoms with Gasteiger partial charge in [-0.1, -0.05) is 93.1 Å². The molecule has 0 aliphatic rings. The smallest absolute Gasteiger partial charge is 0.324 e. The number of fused-ring (bicyclic) bond motifs is 1. The van der Waals surface area contributed by atoms with Gasteiger partial charge in [0.1, 0.15) is 23.1 Å². The van der Waals surface area contributed by atoms with E-state index in [1.807, 2.05) is 91.9 Å². The summed E-state index contributed by atoms with van der Waals surface area (Å²) in [7, 11) is 0. The Morgan fingerprint density at radius 3 is 2.25 bits per heavy atom. The Kier molecular flexibility index (Phi) is 9.06. The second kappa shape index (κ2) is 13.7. The van der Waals surface area contributed by atoms with Gasteiger partial charge in [-0.05, 0) is 42.8 Å². The van der Waals surface area contributed by atoms with Gasteiger partial charge < -0.3 is 15.4 Å². The third kappa shape index (κ3) is 7.61. The van der Waals surface area contributed by atoms with Crippen molar-refractivity contribution in [3.8, 4) is 17.2 Å².